The number of nitrogens with zero attached hydrogens (tertiary/aromatic N) is 2. The molecule has 1 saturated heterocycles. The van der Waals surface area contributed by atoms with Crippen molar-refractivity contribution >= 4 is 16.5 Å². The van der Waals surface area contributed by atoms with Crippen LogP contribution in [0.3, 0.4) is 0 Å². The van der Waals surface area contributed by atoms with Crippen molar-refractivity contribution in [2.45, 2.75) is 46.1 Å². The molecule has 1 aliphatic rings. The van der Waals surface area contributed by atoms with Crippen LogP contribution in [0.2, 0.25) is 0 Å². The summed E-state index contributed by atoms with van der Waals surface area (Å²) in [5.41, 5.74) is 1.28. The molecule has 0 radical (unpaired) electrons. The van der Waals surface area contributed by atoms with Crippen LogP contribution in [0, 0.1) is 5.92 Å². The molecular weight excluding hydrogens is 242 g/mol. The molecule has 0 aromatic carbocycles. The lowest BCUT2D eigenvalue weighted by molar-refractivity contribution is 0.404. The summed E-state index contributed by atoms with van der Waals surface area (Å²) in [7, 11) is 2.01. The van der Waals surface area contributed by atoms with Crippen LogP contribution in [0.4, 0.5) is 5.13 Å². The first-order valence-electron chi connectivity index (χ1n) is 7.16. The third-order valence-electron chi connectivity index (χ3n) is 3.81. The Kier molecular flexibility index (Phi) is 5.01. The van der Waals surface area contributed by atoms with E-state index in [0.29, 0.717) is 0 Å². The largest absolute Gasteiger partial charge is 0.348 e. The van der Waals surface area contributed by atoms with Crippen LogP contribution in [0.15, 0.2) is 0 Å². The second-order valence-corrected chi connectivity index (χ2v) is 6.17. The van der Waals surface area contributed by atoms with E-state index in [0.717, 1.165) is 18.9 Å². The second kappa shape index (κ2) is 6.53. The number of thiazole rings is 1. The summed E-state index contributed by atoms with van der Waals surface area (Å²) in [5, 5.41) is 4.49. The van der Waals surface area contributed by atoms with E-state index < -0.39 is 0 Å². The Morgan fingerprint density at radius 3 is 2.94 bits per heavy atom. The number of nitrogens with one attached hydrogen (secondary N) is 1. The zero-order chi connectivity index (χ0) is 13.0. The third-order valence-corrected chi connectivity index (χ3v) is 4.96. The summed E-state index contributed by atoms with van der Waals surface area (Å²) >= 11 is 1.88. The van der Waals surface area contributed by atoms with Crippen molar-refractivity contribution in [3.8, 4) is 0 Å². The zero-order valence-corrected chi connectivity index (χ0v) is 12.6. The van der Waals surface area contributed by atoms with Crippen LogP contribution in [-0.4, -0.2) is 25.1 Å². The van der Waals surface area contributed by atoms with Crippen LogP contribution in [0.5, 0.6) is 0 Å². The standard InChI is InChI=1S/C14H25N3S/c1-4-11-7-6-8-17(10-11)14-16-12(5-2)13(18-14)9-15-3/h11,15H,4-10H2,1-3H3. The number of hydrogen-bond acceptors (Lipinski definition) is 4. The summed E-state index contributed by atoms with van der Waals surface area (Å²) in [6.07, 6.45) is 5.05. The number of anilines is 1. The van der Waals surface area contributed by atoms with E-state index in [9.17, 15) is 0 Å². The van der Waals surface area contributed by atoms with Crippen LogP contribution in [0.25, 0.3) is 0 Å². The predicted octanol–water partition coefficient (Wildman–Crippen LogP) is 3.05. The van der Waals surface area contributed by atoms with Gasteiger partial charge in [0.1, 0.15) is 0 Å². The van der Waals surface area contributed by atoms with Gasteiger partial charge in [0, 0.05) is 24.5 Å². The van der Waals surface area contributed by atoms with Gasteiger partial charge >= 0.3 is 0 Å². The van der Waals surface area contributed by atoms with Crippen molar-refractivity contribution in [1.29, 1.82) is 0 Å². The molecule has 2 heterocycles. The normalized spacial score (nSPS) is 20.4. The van der Waals surface area contributed by atoms with Crippen molar-refractivity contribution in [2.24, 2.45) is 5.92 Å². The van der Waals surface area contributed by atoms with E-state index in [1.165, 1.54) is 48.1 Å². The lowest BCUT2D eigenvalue weighted by atomic mass is 9.96. The highest BCUT2D eigenvalue weighted by Crippen LogP contribution is 2.30. The molecular formula is C14H25N3S. The van der Waals surface area contributed by atoms with Gasteiger partial charge in [0.25, 0.3) is 0 Å². The van der Waals surface area contributed by atoms with Gasteiger partial charge in [0.2, 0.25) is 0 Å². The summed E-state index contributed by atoms with van der Waals surface area (Å²) in [5.74, 6) is 0.862. The molecule has 1 aromatic heterocycles. The Morgan fingerprint density at radius 2 is 2.28 bits per heavy atom. The molecule has 1 aromatic rings. The molecule has 2 rings (SSSR count). The van der Waals surface area contributed by atoms with Gasteiger partial charge in [-0.2, -0.15) is 0 Å². The molecule has 0 bridgehead atoms. The highest BCUT2D eigenvalue weighted by Gasteiger charge is 2.22. The number of aryl methyl sites for hydroxylation is 1. The molecule has 0 amide bonds. The van der Waals surface area contributed by atoms with E-state index in [-0.39, 0.29) is 0 Å². The maximum absolute atomic E-state index is 4.84. The number of aromatic nitrogens is 1. The SMILES string of the molecule is CCc1nc(N2CCCC(CC)C2)sc1CNC. The molecule has 1 unspecified atom stereocenters. The fourth-order valence-corrected chi connectivity index (χ4v) is 3.85. The summed E-state index contributed by atoms with van der Waals surface area (Å²) in [6, 6.07) is 0. The quantitative estimate of drug-likeness (QED) is 0.889. The summed E-state index contributed by atoms with van der Waals surface area (Å²) in [4.78, 5) is 8.76. The smallest absolute Gasteiger partial charge is 0.185 e. The lowest BCUT2D eigenvalue weighted by Crippen LogP contribution is -2.35. The maximum atomic E-state index is 4.84. The van der Waals surface area contributed by atoms with Crippen LogP contribution < -0.4 is 10.2 Å². The predicted molar refractivity (Wildman–Crippen MR) is 79.5 cm³/mol. The number of rotatable bonds is 5. The molecule has 0 aliphatic carbocycles. The summed E-state index contributed by atoms with van der Waals surface area (Å²) < 4.78 is 0. The Labute approximate surface area is 115 Å². The van der Waals surface area contributed by atoms with Gasteiger partial charge < -0.3 is 10.2 Å². The van der Waals surface area contributed by atoms with Gasteiger partial charge in [0.05, 0.1) is 5.69 Å². The van der Waals surface area contributed by atoms with Crippen molar-refractivity contribution < 1.29 is 0 Å². The van der Waals surface area contributed by atoms with E-state index in [1.54, 1.807) is 0 Å². The van der Waals surface area contributed by atoms with Gasteiger partial charge in [-0.1, -0.05) is 20.3 Å². The Balaban J connectivity index is 2.12. The first-order chi connectivity index (χ1) is 8.78. The van der Waals surface area contributed by atoms with E-state index in [1.807, 2.05) is 18.4 Å². The number of piperidine rings is 1. The number of hydrogen-bond donors (Lipinski definition) is 1. The minimum absolute atomic E-state index is 0.862. The molecule has 1 fully saturated rings. The van der Waals surface area contributed by atoms with Crippen LogP contribution >= 0.6 is 11.3 Å². The van der Waals surface area contributed by atoms with Gasteiger partial charge in [0.15, 0.2) is 5.13 Å². The van der Waals surface area contributed by atoms with Crippen molar-refractivity contribution in [3.63, 3.8) is 0 Å². The van der Waals surface area contributed by atoms with Crippen molar-refractivity contribution in [1.82, 2.24) is 10.3 Å². The lowest BCUT2D eigenvalue weighted by Gasteiger charge is -2.31. The zero-order valence-electron chi connectivity index (χ0n) is 11.8. The molecule has 0 saturated carbocycles. The van der Waals surface area contributed by atoms with Crippen molar-refractivity contribution in [2.75, 3.05) is 25.0 Å². The van der Waals surface area contributed by atoms with Gasteiger partial charge in [-0.15, -0.1) is 11.3 Å². The molecule has 3 nitrogen and oxygen atoms in total. The molecule has 18 heavy (non-hydrogen) atoms. The monoisotopic (exact) mass is 267 g/mol. The first-order valence-corrected chi connectivity index (χ1v) is 7.98. The van der Waals surface area contributed by atoms with E-state index >= 15 is 0 Å². The molecule has 1 N–H and O–H groups in total. The molecule has 1 aliphatic heterocycles. The Morgan fingerprint density at radius 1 is 1.44 bits per heavy atom. The van der Waals surface area contributed by atoms with Crippen LogP contribution in [0.1, 0.15) is 43.7 Å². The Bertz CT molecular complexity index is 375. The Hall–Kier alpha value is -0.610. The highest BCUT2D eigenvalue weighted by molar-refractivity contribution is 7.15. The van der Waals surface area contributed by atoms with E-state index in [4.69, 9.17) is 4.98 Å². The van der Waals surface area contributed by atoms with Crippen LogP contribution in [-0.2, 0) is 13.0 Å². The fourth-order valence-electron chi connectivity index (χ4n) is 2.65. The third kappa shape index (κ3) is 3.04. The fraction of sp³-hybridized carbons (Fsp3) is 0.786. The first kappa shape index (κ1) is 13.8. The minimum Gasteiger partial charge on any atom is -0.348 e. The van der Waals surface area contributed by atoms with E-state index in [2.05, 4.69) is 24.1 Å². The van der Waals surface area contributed by atoms with Gasteiger partial charge in [-0.3, -0.25) is 0 Å². The molecule has 4 heteroatoms. The second-order valence-electron chi connectivity index (χ2n) is 5.11. The maximum Gasteiger partial charge on any atom is 0.185 e. The minimum atomic E-state index is 0.862. The topological polar surface area (TPSA) is 28.2 Å². The van der Waals surface area contributed by atoms with Gasteiger partial charge in [-0.25, -0.2) is 4.98 Å². The average Bonchev–Trinajstić information content (AvgIpc) is 2.82. The molecule has 102 valence electrons. The molecule has 0 spiro atoms. The molecule has 1 atom stereocenters. The average molecular weight is 267 g/mol. The van der Waals surface area contributed by atoms with Gasteiger partial charge in [-0.05, 0) is 32.2 Å². The highest BCUT2D eigenvalue weighted by atomic mass is 32.1. The summed E-state index contributed by atoms with van der Waals surface area (Å²) in [6.45, 7) is 7.84. The van der Waals surface area contributed by atoms with Crippen molar-refractivity contribution in [3.05, 3.63) is 10.6 Å².